The molecule has 0 bridgehead atoms. The van der Waals surface area contributed by atoms with Crippen molar-refractivity contribution < 1.29 is 0 Å². The van der Waals surface area contributed by atoms with Crippen LogP contribution >= 0.6 is 23.2 Å². The minimum Gasteiger partial charge on any atom is -0.237 e. The summed E-state index contributed by atoms with van der Waals surface area (Å²) in [6.45, 7) is 0. The van der Waals surface area contributed by atoms with Crippen LogP contribution in [0.25, 0.3) is 5.69 Å². The Kier molecular flexibility index (Phi) is 2.85. The van der Waals surface area contributed by atoms with Crippen LogP contribution in [0.3, 0.4) is 0 Å². The number of hydrogen-bond acceptors (Lipinski definition) is 1. The van der Waals surface area contributed by atoms with E-state index in [9.17, 15) is 0 Å². The Bertz CT molecular complexity index is 531. The summed E-state index contributed by atoms with van der Waals surface area (Å²) >= 11 is 12.2. The van der Waals surface area contributed by atoms with Gasteiger partial charge in [0, 0.05) is 16.3 Å². The van der Waals surface area contributed by atoms with Crippen LogP contribution in [-0.2, 0) is 6.42 Å². The van der Waals surface area contributed by atoms with E-state index in [1.165, 1.54) is 11.3 Å². The third kappa shape index (κ3) is 1.96. The van der Waals surface area contributed by atoms with Crippen molar-refractivity contribution in [2.24, 2.45) is 0 Å². The van der Waals surface area contributed by atoms with Crippen molar-refractivity contribution in [3.63, 3.8) is 0 Å². The fraction of sp³-hybridized carbons (Fsp3) is 0.308. The molecule has 0 radical (unpaired) electrons. The van der Waals surface area contributed by atoms with Crippen molar-refractivity contribution in [3.8, 4) is 5.69 Å². The van der Waals surface area contributed by atoms with Crippen LogP contribution in [0.15, 0.2) is 30.5 Å². The molecule has 1 aromatic heterocycles. The van der Waals surface area contributed by atoms with E-state index in [0.717, 1.165) is 30.0 Å². The molecule has 2 aromatic rings. The highest BCUT2D eigenvalue weighted by molar-refractivity contribution is 6.30. The van der Waals surface area contributed by atoms with Crippen molar-refractivity contribution >= 4 is 23.2 Å². The van der Waals surface area contributed by atoms with E-state index in [4.69, 9.17) is 23.2 Å². The van der Waals surface area contributed by atoms with Gasteiger partial charge in [0.1, 0.15) is 0 Å². The average Bonchev–Trinajstić information content (AvgIpc) is 2.75. The lowest BCUT2D eigenvalue weighted by Gasteiger charge is -2.18. The van der Waals surface area contributed by atoms with Crippen molar-refractivity contribution in [1.29, 1.82) is 0 Å². The first-order valence-corrected chi connectivity index (χ1v) is 6.54. The molecule has 1 aliphatic rings. The van der Waals surface area contributed by atoms with Crippen LogP contribution in [0.2, 0.25) is 5.02 Å². The van der Waals surface area contributed by atoms with Crippen LogP contribution in [0.1, 0.15) is 29.5 Å². The van der Waals surface area contributed by atoms with Gasteiger partial charge in [-0.1, -0.05) is 11.6 Å². The summed E-state index contributed by atoms with van der Waals surface area (Å²) in [5.41, 5.74) is 3.45. The van der Waals surface area contributed by atoms with Gasteiger partial charge >= 0.3 is 0 Å². The molecule has 4 heteroatoms. The van der Waals surface area contributed by atoms with Gasteiger partial charge in [-0.3, -0.25) is 0 Å². The second kappa shape index (κ2) is 4.35. The van der Waals surface area contributed by atoms with Crippen molar-refractivity contribution in [2.45, 2.75) is 24.6 Å². The Morgan fingerprint density at radius 1 is 1.24 bits per heavy atom. The first kappa shape index (κ1) is 11.1. The minimum atomic E-state index is 0.111. The molecule has 1 aromatic carbocycles. The zero-order chi connectivity index (χ0) is 11.8. The topological polar surface area (TPSA) is 17.8 Å². The second-order valence-electron chi connectivity index (χ2n) is 4.29. The van der Waals surface area contributed by atoms with Crippen molar-refractivity contribution in [1.82, 2.24) is 9.78 Å². The number of alkyl halides is 1. The van der Waals surface area contributed by atoms with Gasteiger partial charge in [-0.15, -0.1) is 11.6 Å². The molecule has 0 saturated carbocycles. The quantitative estimate of drug-likeness (QED) is 0.710. The van der Waals surface area contributed by atoms with Crippen LogP contribution in [0, 0.1) is 0 Å². The molecule has 0 saturated heterocycles. The Morgan fingerprint density at radius 2 is 2.00 bits per heavy atom. The van der Waals surface area contributed by atoms with Crippen molar-refractivity contribution in [2.75, 3.05) is 0 Å². The third-order valence-corrected chi connectivity index (χ3v) is 3.89. The van der Waals surface area contributed by atoms with Gasteiger partial charge in [-0.25, -0.2) is 4.68 Å². The summed E-state index contributed by atoms with van der Waals surface area (Å²) in [7, 11) is 0. The lowest BCUT2D eigenvalue weighted by Crippen LogP contribution is -2.09. The predicted molar refractivity (Wildman–Crippen MR) is 70.1 cm³/mol. The highest BCUT2D eigenvalue weighted by Gasteiger charge is 2.22. The Labute approximate surface area is 110 Å². The molecule has 0 amide bonds. The number of aromatic nitrogens is 2. The number of benzene rings is 1. The molecule has 0 spiro atoms. The summed E-state index contributed by atoms with van der Waals surface area (Å²) in [6.07, 6.45) is 5.10. The maximum Gasteiger partial charge on any atom is 0.0649 e. The van der Waals surface area contributed by atoms with E-state index in [1.54, 1.807) is 0 Å². The monoisotopic (exact) mass is 266 g/mol. The number of halogens is 2. The summed E-state index contributed by atoms with van der Waals surface area (Å²) in [4.78, 5) is 0. The number of fused-ring (bicyclic) bond motifs is 1. The SMILES string of the molecule is Clc1ccc(-n2ncc3c2CCCC3Cl)cc1. The molecule has 1 aliphatic carbocycles. The lowest BCUT2D eigenvalue weighted by molar-refractivity contribution is 0.639. The average molecular weight is 267 g/mol. The standard InChI is InChI=1S/C13H12Cl2N2/c14-9-4-6-10(7-5-9)17-13-3-1-2-12(15)11(13)8-16-17/h4-8,12H,1-3H2. The Morgan fingerprint density at radius 3 is 2.76 bits per heavy atom. The molecule has 3 rings (SSSR count). The molecule has 88 valence electrons. The Balaban J connectivity index is 2.07. The van der Waals surface area contributed by atoms with Gasteiger partial charge in [-0.05, 0) is 43.5 Å². The van der Waals surface area contributed by atoms with Crippen LogP contribution in [0.5, 0.6) is 0 Å². The summed E-state index contributed by atoms with van der Waals surface area (Å²) < 4.78 is 1.97. The number of hydrogen-bond donors (Lipinski definition) is 0. The summed E-state index contributed by atoms with van der Waals surface area (Å²) in [5, 5.41) is 5.29. The van der Waals surface area contributed by atoms with E-state index in [0.29, 0.717) is 0 Å². The molecular weight excluding hydrogens is 255 g/mol. The van der Waals surface area contributed by atoms with Gasteiger partial charge in [0.2, 0.25) is 0 Å². The largest absolute Gasteiger partial charge is 0.237 e. The molecule has 0 N–H and O–H groups in total. The van der Waals surface area contributed by atoms with Gasteiger partial charge in [0.05, 0.1) is 17.3 Å². The lowest BCUT2D eigenvalue weighted by atomic mass is 9.97. The zero-order valence-electron chi connectivity index (χ0n) is 9.24. The second-order valence-corrected chi connectivity index (χ2v) is 5.26. The van der Waals surface area contributed by atoms with Gasteiger partial charge in [-0.2, -0.15) is 5.10 Å². The zero-order valence-corrected chi connectivity index (χ0v) is 10.7. The van der Waals surface area contributed by atoms with Crippen molar-refractivity contribution in [3.05, 3.63) is 46.7 Å². The first-order valence-electron chi connectivity index (χ1n) is 5.72. The van der Waals surface area contributed by atoms with Gasteiger partial charge < -0.3 is 0 Å². The van der Waals surface area contributed by atoms with Gasteiger partial charge in [0.15, 0.2) is 0 Å². The van der Waals surface area contributed by atoms with Gasteiger partial charge in [0.25, 0.3) is 0 Å². The van der Waals surface area contributed by atoms with E-state index >= 15 is 0 Å². The fourth-order valence-electron chi connectivity index (χ4n) is 2.31. The molecule has 17 heavy (non-hydrogen) atoms. The van der Waals surface area contributed by atoms with Crippen LogP contribution < -0.4 is 0 Å². The van der Waals surface area contributed by atoms with E-state index < -0.39 is 0 Å². The molecule has 0 aliphatic heterocycles. The highest BCUT2D eigenvalue weighted by atomic mass is 35.5. The maximum atomic E-state index is 6.30. The van der Waals surface area contributed by atoms with E-state index in [-0.39, 0.29) is 5.38 Å². The molecule has 0 fully saturated rings. The molecular formula is C13H12Cl2N2. The molecule has 1 heterocycles. The summed E-state index contributed by atoms with van der Waals surface area (Å²) in [6, 6.07) is 7.72. The predicted octanol–water partition coefficient (Wildman–Crippen LogP) is 4.14. The third-order valence-electron chi connectivity index (χ3n) is 3.18. The molecule has 1 unspecified atom stereocenters. The molecule has 1 atom stereocenters. The minimum absolute atomic E-state index is 0.111. The van der Waals surface area contributed by atoms with E-state index in [2.05, 4.69) is 5.10 Å². The van der Waals surface area contributed by atoms with Crippen LogP contribution in [0.4, 0.5) is 0 Å². The van der Waals surface area contributed by atoms with E-state index in [1.807, 2.05) is 35.1 Å². The first-order chi connectivity index (χ1) is 8.25. The highest BCUT2D eigenvalue weighted by Crippen LogP contribution is 2.35. The number of rotatable bonds is 1. The number of nitrogens with zero attached hydrogens (tertiary/aromatic N) is 2. The maximum absolute atomic E-state index is 6.30. The fourth-order valence-corrected chi connectivity index (χ4v) is 2.77. The Hall–Kier alpha value is -0.990. The summed E-state index contributed by atoms with van der Waals surface area (Å²) in [5.74, 6) is 0. The normalized spacial score (nSPS) is 19.1. The smallest absolute Gasteiger partial charge is 0.0649 e. The molecule has 2 nitrogen and oxygen atoms in total. The van der Waals surface area contributed by atoms with Crippen LogP contribution in [-0.4, -0.2) is 9.78 Å².